The first-order valence-electron chi connectivity index (χ1n) is 5.43. The minimum Gasteiger partial charge on any atom is -0.243 e. The molecule has 0 aliphatic rings. The average molecular weight is 236 g/mol. The lowest BCUT2D eigenvalue weighted by molar-refractivity contribution is 1.23. The molecule has 2 heterocycles. The van der Waals surface area contributed by atoms with Crippen LogP contribution in [-0.4, -0.2) is 9.97 Å². The fourth-order valence-electron chi connectivity index (χ4n) is 2.24. The van der Waals surface area contributed by atoms with Gasteiger partial charge in [0.1, 0.15) is 6.33 Å². The first-order chi connectivity index (χ1) is 8.43. The summed E-state index contributed by atoms with van der Waals surface area (Å²) < 4.78 is 2.46. The third-order valence-electron chi connectivity index (χ3n) is 3.03. The van der Waals surface area contributed by atoms with Crippen LogP contribution in [0, 0.1) is 0 Å². The number of nitrogens with zero attached hydrogens (tertiary/aromatic N) is 2. The van der Waals surface area contributed by atoms with Crippen LogP contribution >= 0.6 is 11.3 Å². The Morgan fingerprint density at radius 2 is 1.88 bits per heavy atom. The molecule has 2 aromatic carbocycles. The molecular weight excluding hydrogens is 228 g/mol. The van der Waals surface area contributed by atoms with E-state index in [9.17, 15) is 0 Å². The smallest absolute Gasteiger partial charge is 0.116 e. The lowest BCUT2D eigenvalue weighted by Gasteiger charge is -1.97. The zero-order valence-electron chi connectivity index (χ0n) is 8.92. The highest BCUT2D eigenvalue weighted by atomic mass is 32.1. The molecule has 0 bridgehead atoms. The normalized spacial score (nSPS) is 11.5. The van der Waals surface area contributed by atoms with Gasteiger partial charge in [-0.2, -0.15) is 0 Å². The number of thiophene rings is 1. The Bertz CT molecular complexity index is 848. The van der Waals surface area contributed by atoms with Gasteiger partial charge >= 0.3 is 0 Å². The van der Waals surface area contributed by atoms with Crippen molar-refractivity contribution in [2.45, 2.75) is 0 Å². The van der Waals surface area contributed by atoms with Crippen LogP contribution in [0.15, 0.2) is 48.9 Å². The Morgan fingerprint density at radius 3 is 2.88 bits per heavy atom. The molecular formula is C14H8N2S. The number of rotatable bonds is 0. The monoisotopic (exact) mass is 236 g/mol. The van der Waals surface area contributed by atoms with Crippen LogP contribution in [0.25, 0.3) is 31.1 Å². The lowest BCUT2D eigenvalue weighted by atomic mass is 10.1. The summed E-state index contributed by atoms with van der Waals surface area (Å²) in [4.78, 5) is 8.46. The molecule has 17 heavy (non-hydrogen) atoms. The predicted octanol–water partition coefficient (Wildman–Crippen LogP) is 4.00. The molecule has 0 N–H and O–H groups in total. The summed E-state index contributed by atoms with van der Waals surface area (Å²) in [6.07, 6.45) is 3.51. The zero-order chi connectivity index (χ0) is 11.2. The molecule has 0 amide bonds. The maximum absolute atomic E-state index is 4.38. The molecule has 0 fully saturated rings. The van der Waals surface area contributed by atoms with Crippen molar-refractivity contribution in [1.82, 2.24) is 9.97 Å². The Kier molecular flexibility index (Phi) is 1.73. The Balaban J connectivity index is 2.34. The van der Waals surface area contributed by atoms with E-state index in [0.717, 1.165) is 10.2 Å². The van der Waals surface area contributed by atoms with Crippen molar-refractivity contribution < 1.29 is 0 Å². The van der Waals surface area contributed by atoms with Gasteiger partial charge in [-0.25, -0.2) is 9.97 Å². The van der Waals surface area contributed by atoms with Crippen molar-refractivity contribution in [2.24, 2.45) is 0 Å². The molecule has 2 nitrogen and oxygen atoms in total. The van der Waals surface area contributed by atoms with Gasteiger partial charge in [0, 0.05) is 16.3 Å². The fraction of sp³-hybridized carbons (Fsp3) is 0. The largest absolute Gasteiger partial charge is 0.243 e. The predicted molar refractivity (Wildman–Crippen MR) is 72.4 cm³/mol. The molecule has 0 aliphatic carbocycles. The van der Waals surface area contributed by atoms with E-state index in [1.807, 2.05) is 6.20 Å². The highest BCUT2D eigenvalue weighted by molar-refractivity contribution is 7.26. The van der Waals surface area contributed by atoms with Crippen molar-refractivity contribution in [1.29, 1.82) is 0 Å². The van der Waals surface area contributed by atoms with E-state index in [0.29, 0.717) is 0 Å². The van der Waals surface area contributed by atoms with Crippen molar-refractivity contribution in [3.63, 3.8) is 0 Å². The SMILES string of the molecule is c1ccc2c(c1)ccc1c3ncncc3sc21. The maximum Gasteiger partial charge on any atom is 0.116 e. The number of benzene rings is 2. The van der Waals surface area contributed by atoms with E-state index in [-0.39, 0.29) is 0 Å². The number of hydrogen-bond donors (Lipinski definition) is 0. The van der Waals surface area contributed by atoms with Crippen LogP contribution in [0.2, 0.25) is 0 Å². The first kappa shape index (κ1) is 9.07. The molecule has 3 heteroatoms. The van der Waals surface area contributed by atoms with Crippen LogP contribution in [0.1, 0.15) is 0 Å². The average Bonchev–Trinajstić information content (AvgIpc) is 2.78. The molecule has 0 saturated carbocycles. The summed E-state index contributed by atoms with van der Waals surface area (Å²) in [5.74, 6) is 0. The highest BCUT2D eigenvalue weighted by Gasteiger charge is 2.08. The second kappa shape index (κ2) is 3.25. The maximum atomic E-state index is 4.38. The minimum absolute atomic E-state index is 1.06. The molecule has 4 aromatic rings. The van der Waals surface area contributed by atoms with Crippen LogP contribution in [-0.2, 0) is 0 Å². The first-order valence-corrected chi connectivity index (χ1v) is 6.25. The topological polar surface area (TPSA) is 25.8 Å². The third kappa shape index (κ3) is 1.20. The van der Waals surface area contributed by atoms with Crippen molar-refractivity contribution >= 4 is 42.4 Å². The van der Waals surface area contributed by atoms with Gasteiger partial charge in [-0.15, -0.1) is 11.3 Å². The van der Waals surface area contributed by atoms with Gasteiger partial charge < -0.3 is 0 Å². The van der Waals surface area contributed by atoms with E-state index < -0.39 is 0 Å². The molecule has 0 unspecified atom stereocenters. The van der Waals surface area contributed by atoms with Gasteiger partial charge in [0.25, 0.3) is 0 Å². The summed E-state index contributed by atoms with van der Waals surface area (Å²) in [7, 11) is 0. The van der Waals surface area contributed by atoms with Gasteiger partial charge in [-0.1, -0.05) is 36.4 Å². The third-order valence-corrected chi connectivity index (χ3v) is 4.19. The number of fused-ring (bicyclic) bond motifs is 5. The summed E-state index contributed by atoms with van der Waals surface area (Å²) in [5, 5.41) is 3.80. The summed E-state index contributed by atoms with van der Waals surface area (Å²) in [6, 6.07) is 12.8. The van der Waals surface area contributed by atoms with Crippen molar-refractivity contribution in [3.05, 3.63) is 48.9 Å². The molecule has 0 saturated heterocycles. The standard InChI is InChI=1S/C14H8N2S/c1-2-4-10-9(3-1)5-6-11-13-12(17-14(10)11)7-15-8-16-13/h1-8H. The highest BCUT2D eigenvalue weighted by Crippen LogP contribution is 2.36. The quantitative estimate of drug-likeness (QED) is 0.461. The van der Waals surface area contributed by atoms with Crippen LogP contribution < -0.4 is 0 Å². The van der Waals surface area contributed by atoms with E-state index in [2.05, 4.69) is 46.4 Å². The van der Waals surface area contributed by atoms with Crippen LogP contribution in [0.3, 0.4) is 0 Å². The minimum atomic E-state index is 1.06. The lowest BCUT2D eigenvalue weighted by Crippen LogP contribution is -1.76. The molecule has 0 radical (unpaired) electrons. The van der Waals surface area contributed by atoms with E-state index in [4.69, 9.17) is 0 Å². The molecule has 4 rings (SSSR count). The van der Waals surface area contributed by atoms with Gasteiger partial charge in [0.2, 0.25) is 0 Å². The Morgan fingerprint density at radius 1 is 0.941 bits per heavy atom. The number of hydrogen-bond acceptors (Lipinski definition) is 3. The summed E-state index contributed by atoms with van der Waals surface area (Å²) in [5.41, 5.74) is 1.06. The second-order valence-corrected chi connectivity index (χ2v) is 5.05. The van der Waals surface area contributed by atoms with Crippen molar-refractivity contribution in [3.8, 4) is 0 Å². The van der Waals surface area contributed by atoms with Gasteiger partial charge in [0.05, 0.1) is 10.2 Å². The van der Waals surface area contributed by atoms with Crippen LogP contribution in [0.5, 0.6) is 0 Å². The molecule has 2 aromatic heterocycles. The molecule has 0 atom stereocenters. The summed E-state index contributed by atoms with van der Waals surface area (Å²) >= 11 is 1.77. The number of aromatic nitrogens is 2. The van der Waals surface area contributed by atoms with Gasteiger partial charge in [-0.05, 0) is 10.8 Å². The van der Waals surface area contributed by atoms with E-state index >= 15 is 0 Å². The van der Waals surface area contributed by atoms with Gasteiger partial charge in [0.15, 0.2) is 0 Å². The Hall–Kier alpha value is -2.00. The second-order valence-electron chi connectivity index (χ2n) is 4.00. The van der Waals surface area contributed by atoms with E-state index in [1.54, 1.807) is 17.7 Å². The van der Waals surface area contributed by atoms with Gasteiger partial charge in [-0.3, -0.25) is 0 Å². The molecule has 0 spiro atoms. The zero-order valence-corrected chi connectivity index (χ0v) is 9.74. The van der Waals surface area contributed by atoms with E-state index in [1.165, 1.54) is 20.9 Å². The van der Waals surface area contributed by atoms with Crippen molar-refractivity contribution in [2.75, 3.05) is 0 Å². The molecule has 80 valence electrons. The fourth-order valence-corrected chi connectivity index (χ4v) is 3.41. The molecule has 0 aliphatic heterocycles. The van der Waals surface area contributed by atoms with Crippen LogP contribution in [0.4, 0.5) is 0 Å². The Labute approximate surface area is 102 Å². The summed E-state index contributed by atoms with van der Waals surface area (Å²) in [6.45, 7) is 0.